The number of pyridine rings is 1. The minimum atomic E-state index is -4.68. The summed E-state index contributed by atoms with van der Waals surface area (Å²) < 4.78 is 53.7. The number of nitriles is 1. The molecule has 0 spiro atoms. The van der Waals surface area contributed by atoms with E-state index in [0.29, 0.717) is 30.9 Å². The standard InChI is InChI=1S/C34H45F3N2O3Si/c1-20(2)30-29(31(40)22-10-11-24(34(35,36)37)23(16-22)19-38)27(21-12-14-41-15-13-21)28-25(39-30)17-33(6,7)18-26(28)42-43(8,9)32(3,4)5/h10-12,16,20,26,31,40H,13-15,17-18H2,1-9H3/t26?,31-/m0/s1. The van der Waals surface area contributed by atoms with Crippen LogP contribution in [0.25, 0.3) is 5.57 Å². The maximum atomic E-state index is 13.6. The lowest BCUT2D eigenvalue weighted by Crippen LogP contribution is -2.44. The van der Waals surface area contributed by atoms with E-state index in [1.807, 2.05) is 19.9 Å². The third-order valence-electron chi connectivity index (χ3n) is 9.22. The van der Waals surface area contributed by atoms with Gasteiger partial charge in [-0.15, -0.1) is 0 Å². The molecule has 0 radical (unpaired) electrons. The van der Waals surface area contributed by atoms with Crippen molar-refractivity contribution in [1.29, 1.82) is 5.26 Å². The van der Waals surface area contributed by atoms with Gasteiger partial charge in [0.2, 0.25) is 0 Å². The van der Waals surface area contributed by atoms with Gasteiger partial charge in [0, 0.05) is 22.5 Å². The summed E-state index contributed by atoms with van der Waals surface area (Å²) in [6, 6.07) is 5.00. The first kappa shape index (κ1) is 33.4. The van der Waals surface area contributed by atoms with E-state index in [4.69, 9.17) is 14.1 Å². The predicted molar refractivity (Wildman–Crippen MR) is 165 cm³/mol. The van der Waals surface area contributed by atoms with E-state index in [0.717, 1.165) is 47.4 Å². The van der Waals surface area contributed by atoms with Crippen LogP contribution in [0.15, 0.2) is 24.3 Å². The summed E-state index contributed by atoms with van der Waals surface area (Å²) >= 11 is 0. The Morgan fingerprint density at radius 3 is 2.40 bits per heavy atom. The Hall–Kier alpha value is -2.51. The predicted octanol–water partition coefficient (Wildman–Crippen LogP) is 9.02. The van der Waals surface area contributed by atoms with Gasteiger partial charge in [-0.1, -0.05) is 60.6 Å². The molecule has 1 aliphatic heterocycles. The smallest absolute Gasteiger partial charge is 0.410 e. The van der Waals surface area contributed by atoms with Gasteiger partial charge >= 0.3 is 6.18 Å². The maximum Gasteiger partial charge on any atom is 0.417 e. The molecule has 0 amide bonds. The van der Waals surface area contributed by atoms with Gasteiger partial charge in [-0.3, -0.25) is 4.98 Å². The summed E-state index contributed by atoms with van der Waals surface area (Å²) in [4.78, 5) is 5.22. The van der Waals surface area contributed by atoms with E-state index in [9.17, 15) is 23.5 Å². The van der Waals surface area contributed by atoms with Gasteiger partial charge in [0.1, 0.15) is 6.10 Å². The molecule has 1 aromatic carbocycles. The van der Waals surface area contributed by atoms with E-state index < -0.39 is 31.7 Å². The molecule has 0 bridgehead atoms. The largest absolute Gasteiger partial charge is 0.417 e. The molecular weight excluding hydrogens is 569 g/mol. The molecule has 2 atom stereocenters. The molecule has 2 heterocycles. The van der Waals surface area contributed by atoms with E-state index in [1.165, 1.54) is 6.07 Å². The van der Waals surface area contributed by atoms with Crippen molar-refractivity contribution in [2.75, 3.05) is 13.2 Å². The van der Waals surface area contributed by atoms with Crippen LogP contribution in [0.3, 0.4) is 0 Å². The molecule has 4 rings (SSSR count). The van der Waals surface area contributed by atoms with Crippen molar-refractivity contribution >= 4 is 13.9 Å². The third kappa shape index (κ3) is 6.78. The summed E-state index contributed by atoms with van der Waals surface area (Å²) in [5.74, 6) is -0.0798. The number of ether oxygens (including phenoxy) is 1. The molecule has 234 valence electrons. The van der Waals surface area contributed by atoms with E-state index in [2.05, 4.69) is 47.7 Å². The fourth-order valence-corrected chi connectivity index (χ4v) is 7.25. The molecule has 0 fully saturated rings. The lowest BCUT2D eigenvalue weighted by molar-refractivity contribution is -0.137. The second-order valence-electron chi connectivity index (χ2n) is 14.6. The lowest BCUT2D eigenvalue weighted by atomic mass is 9.71. The Labute approximate surface area is 255 Å². The zero-order chi connectivity index (χ0) is 32.1. The van der Waals surface area contributed by atoms with Gasteiger partial charge in [-0.2, -0.15) is 18.4 Å². The molecule has 1 aromatic heterocycles. The molecule has 1 aliphatic carbocycles. The van der Waals surface area contributed by atoms with Gasteiger partial charge in [0.05, 0.1) is 36.5 Å². The zero-order valence-corrected chi connectivity index (χ0v) is 27.9. The first-order valence-corrected chi connectivity index (χ1v) is 18.0. The summed E-state index contributed by atoms with van der Waals surface area (Å²) in [5, 5.41) is 21.6. The van der Waals surface area contributed by atoms with Crippen LogP contribution in [0.2, 0.25) is 18.1 Å². The van der Waals surface area contributed by atoms with Crippen LogP contribution >= 0.6 is 0 Å². The topological polar surface area (TPSA) is 75.4 Å². The highest BCUT2D eigenvalue weighted by atomic mass is 28.4. The quantitative estimate of drug-likeness (QED) is 0.329. The van der Waals surface area contributed by atoms with Crippen LogP contribution in [0, 0.1) is 16.7 Å². The SMILES string of the molecule is CC(C)c1nc2c(c(C3=CCOCC3)c1[C@@H](O)c1ccc(C(F)(F)F)c(C#N)c1)C(O[Si](C)(C)C(C)(C)C)CC(C)(C)C2. The molecular formula is C34H45F3N2O3Si. The number of benzene rings is 1. The van der Waals surface area contributed by atoms with Crippen molar-refractivity contribution in [2.45, 2.75) is 110 Å². The molecule has 9 heteroatoms. The minimum absolute atomic E-state index is 0.0333. The number of nitrogens with zero attached hydrogens (tertiary/aromatic N) is 2. The Morgan fingerprint density at radius 2 is 1.86 bits per heavy atom. The third-order valence-corrected chi connectivity index (χ3v) is 13.7. The highest BCUT2D eigenvalue weighted by Gasteiger charge is 2.45. The molecule has 0 saturated carbocycles. The van der Waals surface area contributed by atoms with Gasteiger partial charge in [-0.25, -0.2) is 0 Å². The minimum Gasteiger partial charge on any atom is -0.410 e. The number of aliphatic hydroxyl groups excluding tert-OH is 1. The van der Waals surface area contributed by atoms with Crippen LogP contribution in [0.1, 0.15) is 124 Å². The number of alkyl halides is 3. The van der Waals surface area contributed by atoms with Crippen molar-refractivity contribution in [3.05, 3.63) is 69.0 Å². The average molecular weight is 615 g/mol. The first-order chi connectivity index (χ1) is 19.8. The van der Waals surface area contributed by atoms with Crippen LogP contribution in [0.4, 0.5) is 13.2 Å². The molecule has 2 aliphatic rings. The number of rotatable bonds is 6. The number of aliphatic hydroxyl groups is 1. The number of aromatic nitrogens is 1. The summed E-state index contributed by atoms with van der Waals surface area (Å²) in [5.41, 5.74) is 3.72. The molecule has 1 N–H and O–H groups in total. The van der Waals surface area contributed by atoms with Crippen molar-refractivity contribution in [1.82, 2.24) is 4.98 Å². The second-order valence-corrected chi connectivity index (χ2v) is 19.3. The Kier molecular flexibility index (Phi) is 9.14. The normalized spacial score (nSPS) is 19.9. The van der Waals surface area contributed by atoms with Crippen molar-refractivity contribution < 1.29 is 27.4 Å². The maximum absolute atomic E-state index is 13.6. The lowest BCUT2D eigenvalue weighted by Gasteiger charge is -2.45. The zero-order valence-electron chi connectivity index (χ0n) is 26.9. The van der Waals surface area contributed by atoms with Crippen molar-refractivity contribution in [3.63, 3.8) is 0 Å². The second kappa shape index (κ2) is 11.8. The highest BCUT2D eigenvalue weighted by Crippen LogP contribution is 2.51. The van der Waals surface area contributed by atoms with Gasteiger partial charge in [-0.05, 0) is 77.6 Å². The van der Waals surface area contributed by atoms with Crippen LogP contribution in [-0.2, 0) is 21.8 Å². The van der Waals surface area contributed by atoms with Gasteiger partial charge in [0.25, 0.3) is 0 Å². The van der Waals surface area contributed by atoms with Crippen LogP contribution in [0.5, 0.6) is 0 Å². The Morgan fingerprint density at radius 1 is 1.19 bits per heavy atom. The molecule has 1 unspecified atom stereocenters. The monoisotopic (exact) mass is 614 g/mol. The van der Waals surface area contributed by atoms with Gasteiger partial charge in [0.15, 0.2) is 8.32 Å². The number of hydrogen-bond acceptors (Lipinski definition) is 5. The van der Waals surface area contributed by atoms with Crippen LogP contribution in [-0.4, -0.2) is 31.6 Å². The van der Waals surface area contributed by atoms with Gasteiger partial charge < -0.3 is 14.3 Å². The average Bonchev–Trinajstić information content (AvgIpc) is 2.89. The summed E-state index contributed by atoms with van der Waals surface area (Å²) in [6.45, 7) is 20.5. The molecule has 0 saturated heterocycles. The highest BCUT2D eigenvalue weighted by molar-refractivity contribution is 6.74. The van der Waals surface area contributed by atoms with Crippen molar-refractivity contribution in [3.8, 4) is 6.07 Å². The number of halogens is 3. The molecule has 2 aromatic rings. The Balaban J connectivity index is 2.05. The first-order valence-electron chi connectivity index (χ1n) is 15.1. The Bertz CT molecular complexity index is 1450. The fourth-order valence-electron chi connectivity index (χ4n) is 5.98. The molecule has 43 heavy (non-hydrogen) atoms. The van der Waals surface area contributed by atoms with Crippen molar-refractivity contribution in [2.24, 2.45) is 5.41 Å². The van der Waals surface area contributed by atoms with E-state index in [-0.39, 0.29) is 28.0 Å². The number of fused-ring (bicyclic) bond motifs is 1. The van der Waals surface area contributed by atoms with E-state index >= 15 is 0 Å². The summed E-state index contributed by atoms with van der Waals surface area (Å²) in [6.07, 6.45) is -2.06. The molecule has 5 nitrogen and oxygen atoms in total. The summed E-state index contributed by atoms with van der Waals surface area (Å²) in [7, 11) is -2.25. The van der Waals surface area contributed by atoms with E-state index in [1.54, 1.807) is 6.07 Å². The fraction of sp³-hybridized carbons (Fsp3) is 0.588. The van der Waals surface area contributed by atoms with Crippen LogP contribution < -0.4 is 0 Å². The number of hydrogen-bond donors (Lipinski definition) is 1.